The summed E-state index contributed by atoms with van der Waals surface area (Å²) < 4.78 is 5.26. The average molecular weight is 278 g/mol. The van der Waals surface area contributed by atoms with Gasteiger partial charge in [0.2, 0.25) is 0 Å². The van der Waals surface area contributed by atoms with Crippen LogP contribution in [0.15, 0.2) is 16.7 Å². The molecule has 0 saturated heterocycles. The van der Waals surface area contributed by atoms with Gasteiger partial charge in [0.25, 0.3) is 0 Å². The van der Waals surface area contributed by atoms with Crippen LogP contribution in [0.2, 0.25) is 0 Å². The Morgan fingerprint density at radius 3 is 3.16 bits per heavy atom. The number of aryl methyl sites for hydroxylation is 2. The summed E-state index contributed by atoms with van der Waals surface area (Å²) in [5, 5.41) is 16.8. The minimum atomic E-state index is -0.0321. The van der Waals surface area contributed by atoms with Crippen LogP contribution in [0.25, 0.3) is 0 Å². The number of thiophene rings is 1. The summed E-state index contributed by atoms with van der Waals surface area (Å²) >= 11 is 1.84. The molecule has 2 aromatic heterocycles. The maximum Gasteiger partial charge on any atom is 0.140 e. The van der Waals surface area contributed by atoms with Gasteiger partial charge < -0.3 is 14.9 Å². The second-order valence-electron chi connectivity index (χ2n) is 5.02. The Hall–Kier alpha value is -1.17. The van der Waals surface area contributed by atoms with E-state index in [9.17, 15) is 5.11 Å². The molecule has 2 N–H and O–H groups in total. The molecule has 0 saturated carbocycles. The zero-order valence-electron chi connectivity index (χ0n) is 11.0. The molecule has 5 heteroatoms. The van der Waals surface area contributed by atoms with E-state index in [-0.39, 0.29) is 6.61 Å². The fourth-order valence-corrected chi connectivity index (χ4v) is 3.43. The highest BCUT2D eigenvalue weighted by atomic mass is 32.1. The topological polar surface area (TPSA) is 58.3 Å². The number of hydrogen-bond donors (Lipinski definition) is 2. The number of aliphatic hydroxyl groups excluding tert-OH is 1. The first-order valence-electron chi connectivity index (χ1n) is 6.62. The number of fused-ring (bicyclic) bond motifs is 1. The van der Waals surface area contributed by atoms with Gasteiger partial charge in [-0.3, -0.25) is 0 Å². The molecule has 1 unspecified atom stereocenters. The van der Waals surface area contributed by atoms with Crippen molar-refractivity contribution in [3.05, 3.63) is 38.9 Å². The lowest BCUT2D eigenvalue weighted by atomic mass is 9.92. The number of aromatic nitrogens is 1. The second-order valence-corrected chi connectivity index (χ2v) is 6.39. The van der Waals surface area contributed by atoms with Crippen molar-refractivity contribution in [1.82, 2.24) is 10.5 Å². The summed E-state index contributed by atoms with van der Waals surface area (Å²) in [7, 11) is 0. The molecule has 0 spiro atoms. The molecule has 0 aromatic carbocycles. The highest BCUT2D eigenvalue weighted by molar-refractivity contribution is 7.11. The van der Waals surface area contributed by atoms with E-state index in [2.05, 4.69) is 29.5 Å². The van der Waals surface area contributed by atoms with Crippen molar-refractivity contribution in [2.24, 2.45) is 0 Å². The first-order chi connectivity index (χ1) is 9.26. The van der Waals surface area contributed by atoms with Crippen LogP contribution in [-0.4, -0.2) is 16.3 Å². The molecule has 0 radical (unpaired) electrons. The van der Waals surface area contributed by atoms with Crippen LogP contribution < -0.4 is 5.32 Å². The molecule has 1 aliphatic rings. The average Bonchev–Trinajstić information content (AvgIpc) is 3.01. The van der Waals surface area contributed by atoms with E-state index in [1.807, 2.05) is 11.3 Å². The Bertz CT molecular complexity index is 548. The van der Waals surface area contributed by atoms with Gasteiger partial charge in [0, 0.05) is 34.3 Å². The van der Waals surface area contributed by atoms with Crippen LogP contribution in [0.1, 0.15) is 33.2 Å². The van der Waals surface area contributed by atoms with E-state index >= 15 is 0 Å². The maximum absolute atomic E-state index is 9.24. The van der Waals surface area contributed by atoms with Crippen molar-refractivity contribution in [3.63, 3.8) is 0 Å². The fourth-order valence-electron chi connectivity index (χ4n) is 2.59. The molecule has 19 heavy (non-hydrogen) atoms. The lowest BCUT2D eigenvalue weighted by Crippen LogP contribution is -2.33. The van der Waals surface area contributed by atoms with Crippen molar-refractivity contribution in [3.8, 4) is 0 Å². The van der Waals surface area contributed by atoms with Crippen LogP contribution >= 0.6 is 11.3 Å². The van der Waals surface area contributed by atoms with E-state index in [0.717, 1.165) is 37.1 Å². The molecule has 2 aromatic rings. The van der Waals surface area contributed by atoms with Gasteiger partial charge in [0.15, 0.2) is 0 Å². The minimum Gasteiger partial charge on any atom is -0.390 e. The number of aliphatic hydroxyl groups is 1. The van der Waals surface area contributed by atoms with Gasteiger partial charge in [-0.05, 0) is 31.9 Å². The number of nitrogens with zero attached hydrogens (tertiary/aromatic N) is 1. The molecule has 0 aliphatic heterocycles. The highest BCUT2D eigenvalue weighted by Crippen LogP contribution is 2.25. The van der Waals surface area contributed by atoms with Crippen LogP contribution in [0.4, 0.5) is 0 Å². The summed E-state index contributed by atoms with van der Waals surface area (Å²) in [6, 6.07) is 4.78. The molecule has 1 atom stereocenters. The fraction of sp³-hybridized carbons (Fsp3) is 0.500. The van der Waals surface area contributed by atoms with Gasteiger partial charge in [-0.15, -0.1) is 11.3 Å². The number of hydrogen-bond acceptors (Lipinski definition) is 5. The summed E-state index contributed by atoms with van der Waals surface area (Å²) in [5.74, 6) is 0.953. The molecule has 2 heterocycles. The second kappa shape index (κ2) is 5.45. The Morgan fingerprint density at radius 2 is 2.42 bits per heavy atom. The van der Waals surface area contributed by atoms with E-state index in [1.165, 1.54) is 9.75 Å². The lowest BCUT2D eigenvalue weighted by molar-refractivity contribution is 0.265. The predicted octanol–water partition coefficient (Wildman–Crippen LogP) is 2.18. The van der Waals surface area contributed by atoms with Gasteiger partial charge in [-0.1, -0.05) is 5.16 Å². The van der Waals surface area contributed by atoms with Crippen molar-refractivity contribution in [1.29, 1.82) is 0 Å². The SMILES string of the molecule is Cc1ccc(CNC2CCc3onc(CO)c3C2)s1. The van der Waals surface area contributed by atoms with Crippen molar-refractivity contribution >= 4 is 11.3 Å². The molecule has 1 aliphatic carbocycles. The molecular weight excluding hydrogens is 260 g/mol. The first kappa shape index (κ1) is 12.8. The van der Waals surface area contributed by atoms with Crippen LogP contribution in [0.5, 0.6) is 0 Å². The van der Waals surface area contributed by atoms with E-state index in [1.54, 1.807) is 0 Å². The lowest BCUT2D eigenvalue weighted by Gasteiger charge is -2.22. The van der Waals surface area contributed by atoms with Crippen molar-refractivity contribution in [2.45, 2.75) is 45.4 Å². The molecule has 4 nitrogen and oxygen atoms in total. The number of rotatable bonds is 4. The smallest absolute Gasteiger partial charge is 0.140 e. The van der Waals surface area contributed by atoms with Gasteiger partial charge in [0.1, 0.15) is 11.5 Å². The molecule has 0 fully saturated rings. The third-order valence-electron chi connectivity index (χ3n) is 3.63. The van der Waals surface area contributed by atoms with Gasteiger partial charge in [-0.2, -0.15) is 0 Å². The summed E-state index contributed by atoms with van der Waals surface area (Å²) in [4.78, 5) is 2.72. The largest absolute Gasteiger partial charge is 0.390 e. The van der Waals surface area contributed by atoms with Crippen LogP contribution in [0, 0.1) is 6.92 Å². The van der Waals surface area contributed by atoms with Gasteiger partial charge >= 0.3 is 0 Å². The summed E-state index contributed by atoms with van der Waals surface area (Å²) in [6.45, 7) is 3.01. The van der Waals surface area contributed by atoms with Crippen LogP contribution in [0.3, 0.4) is 0 Å². The van der Waals surface area contributed by atoms with Gasteiger partial charge in [0.05, 0.1) is 6.61 Å². The third kappa shape index (κ3) is 2.73. The molecule has 0 amide bonds. The summed E-state index contributed by atoms with van der Waals surface area (Å²) in [6.07, 6.45) is 2.87. The molecule has 0 bridgehead atoms. The highest BCUT2D eigenvalue weighted by Gasteiger charge is 2.25. The molecule has 102 valence electrons. The maximum atomic E-state index is 9.24. The zero-order valence-corrected chi connectivity index (χ0v) is 11.8. The Morgan fingerprint density at radius 1 is 1.53 bits per heavy atom. The Balaban J connectivity index is 1.62. The quantitative estimate of drug-likeness (QED) is 0.900. The van der Waals surface area contributed by atoms with Gasteiger partial charge in [-0.25, -0.2) is 0 Å². The molecule has 3 rings (SSSR count). The number of nitrogens with one attached hydrogen (secondary N) is 1. The Kier molecular flexibility index (Phi) is 3.68. The van der Waals surface area contributed by atoms with Crippen molar-refractivity contribution < 1.29 is 9.63 Å². The monoisotopic (exact) mass is 278 g/mol. The minimum absolute atomic E-state index is 0.0321. The van der Waals surface area contributed by atoms with E-state index in [0.29, 0.717) is 11.7 Å². The normalized spacial score (nSPS) is 18.5. The van der Waals surface area contributed by atoms with Crippen LogP contribution in [-0.2, 0) is 26.0 Å². The van der Waals surface area contributed by atoms with E-state index < -0.39 is 0 Å². The standard InChI is InChI=1S/C14H18N2O2S/c1-9-2-4-11(19-9)7-15-10-3-5-14-12(6-10)13(8-17)16-18-14/h2,4,10,15,17H,3,5-8H2,1H3. The summed E-state index contributed by atoms with van der Waals surface area (Å²) in [5.41, 5.74) is 1.81. The Labute approximate surface area is 116 Å². The van der Waals surface area contributed by atoms with Crippen molar-refractivity contribution in [2.75, 3.05) is 0 Å². The zero-order chi connectivity index (χ0) is 13.2. The third-order valence-corrected chi connectivity index (χ3v) is 4.63. The first-order valence-corrected chi connectivity index (χ1v) is 7.43. The van der Waals surface area contributed by atoms with E-state index in [4.69, 9.17) is 4.52 Å². The molecular formula is C14H18N2O2S. The predicted molar refractivity (Wildman–Crippen MR) is 74.1 cm³/mol.